The van der Waals surface area contributed by atoms with Gasteiger partial charge >= 0.3 is 0 Å². The summed E-state index contributed by atoms with van der Waals surface area (Å²) in [6.45, 7) is 5.34. The molecule has 1 unspecified atom stereocenters. The number of Topliss-reactive ketones (excluding diaryl/α,β-unsaturated/α-hetero) is 1. The van der Waals surface area contributed by atoms with Crippen molar-refractivity contribution in [2.24, 2.45) is 0 Å². The summed E-state index contributed by atoms with van der Waals surface area (Å²) in [6, 6.07) is 0.398. The summed E-state index contributed by atoms with van der Waals surface area (Å²) in [4.78, 5) is 22.0. The molecular formula is C11H16N4O. The molecule has 2 heterocycles. The van der Waals surface area contributed by atoms with Crippen LogP contribution in [0, 0.1) is 0 Å². The van der Waals surface area contributed by atoms with Gasteiger partial charge in [0.1, 0.15) is 5.69 Å². The van der Waals surface area contributed by atoms with Gasteiger partial charge in [0, 0.05) is 38.1 Å². The van der Waals surface area contributed by atoms with Crippen LogP contribution in [-0.2, 0) is 0 Å². The van der Waals surface area contributed by atoms with E-state index in [2.05, 4.69) is 27.1 Å². The van der Waals surface area contributed by atoms with Crippen LogP contribution in [0.3, 0.4) is 0 Å². The molecule has 1 fully saturated rings. The van der Waals surface area contributed by atoms with Gasteiger partial charge in [-0.25, -0.2) is 4.98 Å². The van der Waals surface area contributed by atoms with E-state index < -0.39 is 0 Å². The summed E-state index contributed by atoms with van der Waals surface area (Å²) >= 11 is 0. The second-order valence-corrected chi connectivity index (χ2v) is 4.04. The van der Waals surface area contributed by atoms with Gasteiger partial charge in [-0.05, 0) is 6.92 Å². The smallest absolute Gasteiger partial charge is 0.196 e. The average molecular weight is 220 g/mol. The lowest BCUT2D eigenvalue weighted by atomic mass is 10.2. The van der Waals surface area contributed by atoms with E-state index in [0.29, 0.717) is 18.3 Å². The van der Waals surface area contributed by atoms with Crippen molar-refractivity contribution in [1.82, 2.24) is 20.2 Å². The van der Waals surface area contributed by atoms with Crippen LogP contribution < -0.4 is 5.32 Å². The highest BCUT2D eigenvalue weighted by atomic mass is 16.1. The van der Waals surface area contributed by atoms with Gasteiger partial charge in [0.25, 0.3) is 0 Å². The van der Waals surface area contributed by atoms with Crippen LogP contribution in [-0.4, -0.2) is 52.9 Å². The fourth-order valence-electron chi connectivity index (χ4n) is 1.83. The van der Waals surface area contributed by atoms with Crippen molar-refractivity contribution in [3.8, 4) is 0 Å². The molecule has 0 radical (unpaired) electrons. The van der Waals surface area contributed by atoms with Crippen LogP contribution in [0.2, 0.25) is 0 Å². The number of carbonyl (C=O) groups excluding carboxylic acids is 1. The first-order valence-corrected chi connectivity index (χ1v) is 5.51. The Bertz CT molecular complexity index is 354. The van der Waals surface area contributed by atoms with Gasteiger partial charge in [-0.3, -0.25) is 14.7 Å². The first-order valence-electron chi connectivity index (χ1n) is 5.51. The molecule has 2 rings (SSSR count). The molecule has 0 aliphatic carbocycles. The molecule has 0 spiro atoms. The number of hydrogen-bond donors (Lipinski definition) is 1. The molecule has 86 valence electrons. The lowest BCUT2D eigenvalue weighted by Crippen LogP contribution is -2.51. The quantitative estimate of drug-likeness (QED) is 0.724. The number of nitrogens with one attached hydrogen (secondary N) is 1. The van der Waals surface area contributed by atoms with Crippen molar-refractivity contribution >= 4 is 5.78 Å². The summed E-state index contributed by atoms with van der Waals surface area (Å²) < 4.78 is 0. The minimum Gasteiger partial charge on any atom is -0.314 e. The summed E-state index contributed by atoms with van der Waals surface area (Å²) in [6.07, 6.45) is 4.65. The first kappa shape index (κ1) is 11.2. The minimum atomic E-state index is 0.0434. The van der Waals surface area contributed by atoms with Crippen LogP contribution in [0.4, 0.5) is 0 Å². The number of ketones is 1. The largest absolute Gasteiger partial charge is 0.314 e. The van der Waals surface area contributed by atoms with Gasteiger partial charge in [-0.15, -0.1) is 0 Å². The Morgan fingerprint density at radius 2 is 2.50 bits per heavy atom. The molecule has 5 nitrogen and oxygen atoms in total. The van der Waals surface area contributed by atoms with Crippen molar-refractivity contribution in [2.75, 3.05) is 26.2 Å². The van der Waals surface area contributed by atoms with Crippen LogP contribution in [0.25, 0.3) is 0 Å². The maximum Gasteiger partial charge on any atom is 0.196 e. The van der Waals surface area contributed by atoms with E-state index in [1.165, 1.54) is 6.20 Å². The Labute approximate surface area is 94.9 Å². The maximum absolute atomic E-state index is 11.9. The predicted molar refractivity (Wildman–Crippen MR) is 60.3 cm³/mol. The third-order valence-corrected chi connectivity index (χ3v) is 2.83. The summed E-state index contributed by atoms with van der Waals surface area (Å²) in [5.41, 5.74) is 0.452. The molecule has 0 amide bonds. The molecule has 1 aromatic heterocycles. The number of nitrogens with zero attached hydrogens (tertiary/aromatic N) is 3. The van der Waals surface area contributed by atoms with Crippen LogP contribution in [0.1, 0.15) is 17.4 Å². The summed E-state index contributed by atoms with van der Waals surface area (Å²) in [5.74, 6) is 0.0434. The lowest BCUT2D eigenvalue weighted by molar-refractivity contribution is 0.0870. The van der Waals surface area contributed by atoms with Crippen molar-refractivity contribution < 1.29 is 4.79 Å². The molecule has 5 heteroatoms. The second kappa shape index (κ2) is 5.14. The van der Waals surface area contributed by atoms with E-state index in [1.807, 2.05) is 0 Å². The highest BCUT2D eigenvalue weighted by molar-refractivity contribution is 5.95. The molecule has 0 bridgehead atoms. The standard InChI is InChI=1S/C11H16N4O/c1-9-6-13-4-5-15(9)8-11(16)10-7-12-2-3-14-10/h2-3,7,9,13H,4-6,8H2,1H3. The molecule has 16 heavy (non-hydrogen) atoms. The molecule has 1 saturated heterocycles. The average Bonchev–Trinajstić information content (AvgIpc) is 2.33. The van der Waals surface area contributed by atoms with Crippen LogP contribution in [0.15, 0.2) is 18.6 Å². The Balaban J connectivity index is 1.96. The maximum atomic E-state index is 11.9. The number of carbonyl (C=O) groups is 1. The van der Waals surface area contributed by atoms with Gasteiger partial charge in [-0.2, -0.15) is 0 Å². The van der Waals surface area contributed by atoms with Crippen LogP contribution >= 0.6 is 0 Å². The summed E-state index contributed by atoms with van der Waals surface area (Å²) in [7, 11) is 0. The van der Waals surface area contributed by atoms with Crippen molar-refractivity contribution in [2.45, 2.75) is 13.0 Å². The number of piperazine rings is 1. The Kier molecular flexibility index (Phi) is 3.58. The molecule has 1 atom stereocenters. The molecule has 1 aliphatic heterocycles. The summed E-state index contributed by atoms with van der Waals surface area (Å²) in [5, 5.41) is 3.30. The van der Waals surface area contributed by atoms with Crippen molar-refractivity contribution in [3.05, 3.63) is 24.3 Å². The van der Waals surface area contributed by atoms with Gasteiger partial charge < -0.3 is 5.32 Å². The number of aromatic nitrogens is 2. The van der Waals surface area contributed by atoms with E-state index in [1.54, 1.807) is 12.4 Å². The third kappa shape index (κ3) is 2.62. The fraction of sp³-hybridized carbons (Fsp3) is 0.545. The Morgan fingerprint density at radius 3 is 3.19 bits per heavy atom. The zero-order valence-corrected chi connectivity index (χ0v) is 9.39. The molecule has 0 saturated carbocycles. The predicted octanol–water partition coefficient (Wildman–Crippen LogP) is -0.0470. The zero-order valence-electron chi connectivity index (χ0n) is 9.39. The Morgan fingerprint density at radius 1 is 1.62 bits per heavy atom. The Hall–Kier alpha value is -1.33. The normalized spacial score (nSPS) is 21.9. The SMILES string of the molecule is CC1CNCCN1CC(=O)c1cnccn1. The van der Waals surface area contributed by atoms with Crippen molar-refractivity contribution in [3.63, 3.8) is 0 Å². The van der Waals surface area contributed by atoms with E-state index in [-0.39, 0.29) is 5.78 Å². The van der Waals surface area contributed by atoms with Gasteiger partial charge in [-0.1, -0.05) is 0 Å². The van der Waals surface area contributed by atoms with E-state index in [4.69, 9.17) is 0 Å². The highest BCUT2D eigenvalue weighted by Crippen LogP contribution is 2.04. The highest BCUT2D eigenvalue weighted by Gasteiger charge is 2.21. The topological polar surface area (TPSA) is 58.1 Å². The van der Waals surface area contributed by atoms with E-state index in [0.717, 1.165) is 19.6 Å². The van der Waals surface area contributed by atoms with E-state index in [9.17, 15) is 4.79 Å². The third-order valence-electron chi connectivity index (χ3n) is 2.83. The molecule has 1 aliphatic rings. The van der Waals surface area contributed by atoms with Gasteiger partial charge in [0.15, 0.2) is 5.78 Å². The number of rotatable bonds is 3. The molecular weight excluding hydrogens is 204 g/mol. The minimum absolute atomic E-state index is 0.0434. The zero-order chi connectivity index (χ0) is 11.4. The van der Waals surface area contributed by atoms with Gasteiger partial charge in [0.05, 0.1) is 12.7 Å². The molecule has 1 aromatic rings. The number of hydrogen-bond acceptors (Lipinski definition) is 5. The fourth-order valence-corrected chi connectivity index (χ4v) is 1.83. The van der Waals surface area contributed by atoms with Gasteiger partial charge in [0.2, 0.25) is 0 Å². The monoisotopic (exact) mass is 220 g/mol. The molecule has 1 N–H and O–H groups in total. The lowest BCUT2D eigenvalue weighted by Gasteiger charge is -2.33. The van der Waals surface area contributed by atoms with Crippen molar-refractivity contribution in [1.29, 1.82) is 0 Å². The van der Waals surface area contributed by atoms with E-state index >= 15 is 0 Å². The second-order valence-electron chi connectivity index (χ2n) is 4.04. The molecule has 0 aromatic carbocycles. The first-order chi connectivity index (χ1) is 7.77. The van der Waals surface area contributed by atoms with Crippen LogP contribution in [0.5, 0.6) is 0 Å².